The molecular weight excluding hydrogens is 550 g/mol. The minimum absolute atomic E-state index is 0.0912. The molecule has 10 unspecified atom stereocenters. The zero-order chi connectivity index (χ0) is 29.2. The Kier molecular flexibility index (Phi) is 8.52. The van der Waals surface area contributed by atoms with Gasteiger partial charge in [0.1, 0.15) is 0 Å². The number of hydrogen-bond acceptors (Lipinski definition) is 5. The summed E-state index contributed by atoms with van der Waals surface area (Å²) < 4.78 is 128. The van der Waals surface area contributed by atoms with E-state index in [4.69, 9.17) is 8.92 Å². The van der Waals surface area contributed by atoms with Crippen molar-refractivity contribution in [2.75, 3.05) is 6.61 Å². The SMILES string of the molecule is CCOC(C)OC(CC1CC2CC1C(C)C2C(CC)S(=O)(=O)OC1(C)CC2CCC1C2)(C(F)(F)F)C(F)(F)F. The van der Waals surface area contributed by atoms with E-state index in [0.717, 1.165) is 26.2 Å². The van der Waals surface area contributed by atoms with E-state index in [1.165, 1.54) is 6.92 Å². The van der Waals surface area contributed by atoms with Crippen LogP contribution in [-0.2, 0) is 23.8 Å². The van der Waals surface area contributed by atoms with Crippen LogP contribution in [0.15, 0.2) is 0 Å². The zero-order valence-corrected chi connectivity index (χ0v) is 24.1. The molecule has 4 aliphatic carbocycles. The van der Waals surface area contributed by atoms with Crippen molar-refractivity contribution in [2.45, 2.75) is 121 Å². The molecule has 0 aliphatic heterocycles. The first-order valence-corrected chi connectivity index (χ1v) is 15.7. The number of rotatable bonds is 11. The molecule has 4 bridgehead atoms. The van der Waals surface area contributed by atoms with Gasteiger partial charge in [-0.2, -0.15) is 34.8 Å². The summed E-state index contributed by atoms with van der Waals surface area (Å²) in [6.45, 7) is 7.77. The summed E-state index contributed by atoms with van der Waals surface area (Å²) in [7, 11) is -4.00. The average Bonchev–Trinajstić information content (AvgIpc) is 3.53. The Labute approximate surface area is 227 Å². The first kappa shape index (κ1) is 31.3. The summed E-state index contributed by atoms with van der Waals surface area (Å²) in [5.74, 6) is -1.78. The maximum atomic E-state index is 14.2. The lowest BCUT2D eigenvalue weighted by Crippen LogP contribution is -2.61. The molecule has 0 heterocycles. The summed E-state index contributed by atoms with van der Waals surface area (Å²) >= 11 is 0. The largest absolute Gasteiger partial charge is 0.426 e. The van der Waals surface area contributed by atoms with Gasteiger partial charge in [-0.1, -0.05) is 13.8 Å². The predicted molar refractivity (Wildman–Crippen MR) is 132 cm³/mol. The molecule has 0 aromatic carbocycles. The lowest BCUT2D eigenvalue weighted by molar-refractivity contribution is -0.411. The fraction of sp³-hybridized carbons (Fsp3) is 1.00. The van der Waals surface area contributed by atoms with Crippen LogP contribution >= 0.6 is 0 Å². The Morgan fingerprint density at radius 1 is 1.00 bits per heavy atom. The molecule has 0 radical (unpaired) electrons. The second-order valence-electron chi connectivity index (χ2n) is 12.7. The van der Waals surface area contributed by atoms with Gasteiger partial charge in [-0.15, -0.1) is 0 Å². The lowest BCUT2D eigenvalue weighted by atomic mass is 9.69. The minimum atomic E-state index is -5.71. The highest BCUT2D eigenvalue weighted by atomic mass is 32.2. The number of hydrogen-bond donors (Lipinski definition) is 0. The highest BCUT2D eigenvalue weighted by Gasteiger charge is 2.74. The van der Waals surface area contributed by atoms with Crippen molar-refractivity contribution in [1.82, 2.24) is 0 Å². The van der Waals surface area contributed by atoms with Crippen LogP contribution in [0.3, 0.4) is 0 Å². The van der Waals surface area contributed by atoms with Gasteiger partial charge in [0.25, 0.3) is 15.7 Å². The molecule has 4 saturated carbocycles. The third-order valence-corrected chi connectivity index (χ3v) is 12.5. The highest BCUT2D eigenvalue weighted by Crippen LogP contribution is 2.62. The topological polar surface area (TPSA) is 61.8 Å². The van der Waals surface area contributed by atoms with Crippen LogP contribution in [0.4, 0.5) is 26.3 Å². The molecule has 0 spiro atoms. The van der Waals surface area contributed by atoms with E-state index in [0.29, 0.717) is 18.8 Å². The average molecular weight is 593 g/mol. The van der Waals surface area contributed by atoms with E-state index in [1.54, 1.807) is 13.8 Å². The molecule has 0 amide bonds. The number of halogens is 6. The van der Waals surface area contributed by atoms with Crippen molar-refractivity contribution in [3.63, 3.8) is 0 Å². The van der Waals surface area contributed by atoms with E-state index in [9.17, 15) is 34.8 Å². The molecule has 4 aliphatic rings. The maximum absolute atomic E-state index is 14.2. The van der Waals surface area contributed by atoms with Gasteiger partial charge in [0.05, 0.1) is 10.9 Å². The van der Waals surface area contributed by atoms with Gasteiger partial charge in [-0.05, 0) is 114 Å². The Balaban J connectivity index is 1.54. The standard InChI is InChI=1S/C27H42F6O5S/c1-6-22(39(34,35)38-24(5)13-17-8-9-20(24)10-17)23-15(3)21-12-18(23)11-19(21)14-25(26(28,29)30,27(31,32)33)37-16(4)36-7-2/h15-23H,6-14H2,1-5H3. The third-order valence-electron chi connectivity index (χ3n) is 10.5. The van der Waals surface area contributed by atoms with Crippen molar-refractivity contribution >= 4 is 10.1 Å². The fourth-order valence-corrected chi connectivity index (χ4v) is 11.0. The van der Waals surface area contributed by atoms with Gasteiger partial charge >= 0.3 is 12.4 Å². The maximum Gasteiger partial charge on any atom is 0.426 e. The molecule has 0 aromatic heterocycles. The quantitative estimate of drug-likeness (QED) is 0.144. The minimum Gasteiger partial charge on any atom is -0.353 e. The zero-order valence-electron chi connectivity index (χ0n) is 23.3. The van der Waals surface area contributed by atoms with E-state index in [1.807, 2.05) is 6.92 Å². The molecule has 39 heavy (non-hydrogen) atoms. The van der Waals surface area contributed by atoms with Crippen molar-refractivity contribution < 1.29 is 48.4 Å². The van der Waals surface area contributed by atoms with E-state index < -0.39 is 63.5 Å². The van der Waals surface area contributed by atoms with Crippen molar-refractivity contribution in [1.29, 1.82) is 0 Å². The fourth-order valence-electron chi connectivity index (χ4n) is 8.90. The van der Waals surface area contributed by atoms with Crippen LogP contribution in [-0.4, -0.2) is 50.1 Å². The molecule has 10 atom stereocenters. The molecule has 4 rings (SSSR count). The molecule has 0 N–H and O–H groups in total. The second-order valence-corrected chi connectivity index (χ2v) is 14.4. The third kappa shape index (κ3) is 5.49. The molecule has 12 heteroatoms. The first-order valence-electron chi connectivity index (χ1n) is 14.3. The Hall–Kier alpha value is -0.590. The normalized spacial score (nSPS) is 38.5. The van der Waals surface area contributed by atoms with Gasteiger partial charge in [-0.3, -0.25) is 4.18 Å². The van der Waals surface area contributed by atoms with Crippen molar-refractivity contribution in [3.05, 3.63) is 0 Å². The van der Waals surface area contributed by atoms with Crippen molar-refractivity contribution in [2.24, 2.45) is 41.4 Å². The Bertz CT molecular complexity index is 968. The number of alkyl halides is 6. The van der Waals surface area contributed by atoms with Crippen LogP contribution in [0.1, 0.15) is 86.0 Å². The molecule has 4 fully saturated rings. The van der Waals surface area contributed by atoms with Crippen LogP contribution < -0.4 is 0 Å². The van der Waals surface area contributed by atoms with Crippen LogP contribution in [0.25, 0.3) is 0 Å². The Morgan fingerprint density at radius 2 is 1.64 bits per heavy atom. The predicted octanol–water partition coefficient (Wildman–Crippen LogP) is 7.25. The van der Waals surface area contributed by atoms with E-state index >= 15 is 0 Å². The smallest absolute Gasteiger partial charge is 0.353 e. The summed E-state index contributed by atoms with van der Waals surface area (Å²) in [6, 6.07) is 0. The molecule has 0 aromatic rings. The molecule has 5 nitrogen and oxygen atoms in total. The van der Waals surface area contributed by atoms with E-state index in [2.05, 4.69) is 4.74 Å². The summed E-state index contributed by atoms with van der Waals surface area (Å²) in [6.07, 6.45) is -9.96. The monoisotopic (exact) mass is 592 g/mol. The van der Waals surface area contributed by atoms with Crippen LogP contribution in [0.2, 0.25) is 0 Å². The second kappa shape index (κ2) is 10.6. The molecular formula is C27H42F6O5S. The Morgan fingerprint density at radius 3 is 2.10 bits per heavy atom. The van der Waals surface area contributed by atoms with Gasteiger partial charge in [-0.25, -0.2) is 0 Å². The molecule has 0 saturated heterocycles. The van der Waals surface area contributed by atoms with E-state index in [-0.39, 0.29) is 43.1 Å². The first-order chi connectivity index (χ1) is 17.9. The molecule has 228 valence electrons. The van der Waals surface area contributed by atoms with Gasteiger partial charge in [0, 0.05) is 6.61 Å². The summed E-state index contributed by atoms with van der Waals surface area (Å²) in [5.41, 5.74) is -5.11. The number of fused-ring (bicyclic) bond motifs is 4. The lowest BCUT2D eigenvalue weighted by Gasteiger charge is -2.44. The van der Waals surface area contributed by atoms with Crippen LogP contribution in [0.5, 0.6) is 0 Å². The van der Waals surface area contributed by atoms with Crippen LogP contribution in [0, 0.1) is 41.4 Å². The van der Waals surface area contributed by atoms with Gasteiger partial charge in [0.2, 0.25) is 0 Å². The highest BCUT2D eigenvalue weighted by molar-refractivity contribution is 7.87. The summed E-state index contributed by atoms with van der Waals surface area (Å²) in [5, 5.41) is -0.844. The van der Waals surface area contributed by atoms with Gasteiger partial charge < -0.3 is 9.47 Å². The number of ether oxygens (including phenoxy) is 2. The van der Waals surface area contributed by atoms with Gasteiger partial charge in [0.15, 0.2) is 6.29 Å². The summed E-state index contributed by atoms with van der Waals surface area (Å²) in [4.78, 5) is 0. The van der Waals surface area contributed by atoms with Crippen molar-refractivity contribution in [3.8, 4) is 0 Å².